The third-order valence-corrected chi connectivity index (χ3v) is 9.55. The van der Waals surface area contributed by atoms with Crippen molar-refractivity contribution >= 4 is 39.3 Å². The van der Waals surface area contributed by atoms with Gasteiger partial charge in [-0.25, -0.2) is 12.8 Å². The van der Waals surface area contributed by atoms with Gasteiger partial charge in [0, 0.05) is 17.5 Å². The fourth-order valence-corrected chi connectivity index (χ4v) is 6.25. The summed E-state index contributed by atoms with van der Waals surface area (Å²) in [5.74, 6) is -0.780. The number of carbonyl (C=O) groups excluding carboxylic acids is 2. The van der Waals surface area contributed by atoms with E-state index in [4.69, 9.17) is 4.74 Å². The van der Waals surface area contributed by atoms with Gasteiger partial charge in [-0.05, 0) is 99.2 Å². The quantitative estimate of drug-likeness (QED) is 0.212. The Morgan fingerprint density at radius 2 is 1.56 bits per heavy atom. The van der Waals surface area contributed by atoms with E-state index in [0.29, 0.717) is 30.8 Å². The summed E-state index contributed by atoms with van der Waals surface area (Å²) in [7, 11) is -4.20. The van der Waals surface area contributed by atoms with Crippen LogP contribution in [0, 0.1) is 5.82 Å². The number of hydrogen-bond acceptors (Lipinski definition) is 6. The molecule has 0 aliphatic heterocycles. The number of benzene rings is 3. The van der Waals surface area contributed by atoms with Crippen LogP contribution in [0.25, 0.3) is 0 Å². The van der Waals surface area contributed by atoms with E-state index in [2.05, 4.69) is 5.32 Å². The number of anilines is 1. The molecular formula is C32H40FN3O5S2. The minimum atomic E-state index is -4.20. The van der Waals surface area contributed by atoms with Gasteiger partial charge in [-0.2, -0.15) is 0 Å². The molecule has 0 saturated carbocycles. The number of amides is 2. The number of ether oxygens (including phenoxy) is 1. The fourth-order valence-electron chi connectivity index (χ4n) is 4.43. The van der Waals surface area contributed by atoms with Crippen molar-refractivity contribution in [1.29, 1.82) is 0 Å². The van der Waals surface area contributed by atoms with Crippen molar-refractivity contribution in [3.8, 4) is 5.75 Å². The van der Waals surface area contributed by atoms with Crippen molar-refractivity contribution in [3.63, 3.8) is 0 Å². The van der Waals surface area contributed by atoms with E-state index in [0.717, 1.165) is 9.20 Å². The normalized spacial score (nSPS) is 12.7. The summed E-state index contributed by atoms with van der Waals surface area (Å²) in [4.78, 5) is 29.8. The summed E-state index contributed by atoms with van der Waals surface area (Å²) in [5, 5.41) is 2.94. The first-order valence-corrected chi connectivity index (χ1v) is 16.9. The second kappa shape index (κ2) is 15.8. The van der Waals surface area contributed by atoms with E-state index in [-0.39, 0.29) is 29.1 Å². The van der Waals surface area contributed by atoms with Gasteiger partial charge < -0.3 is 15.0 Å². The molecule has 0 unspecified atom stereocenters. The Labute approximate surface area is 258 Å². The van der Waals surface area contributed by atoms with Gasteiger partial charge in [0.25, 0.3) is 10.0 Å². The summed E-state index contributed by atoms with van der Waals surface area (Å²) < 4.78 is 48.3. The topological polar surface area (TPSA) is 96.0 Å². The van der Waals surface area contributed by atoms with Crippen LogP contribution >= 0.6 is 11.8 Å². The van der Waals surface area contributed by atoms with Crippen LogP contribution in [0.3, 0.4) is 0 Å². The first-order valence-electron chi connectivity index (χ1n) is 14.3. The second-order valence-corrected chi connectivity index (χ2v) is 12.7. The Balaban J connectivity index is 2.06. The number of halogens is 1. The maximum atomic E-state index is 14.1. The highest BCUT2D eigenvalue weighted by molar-refractivity contribution is 7.98. The zero-order valence-corrected chi connectivity index (χ0v) is 26.9. The SMILES string of the molecule is CCOc1ccc(N(CC(=O)N(Cc2ccc(F)cc2)[C@H](CC)C(=O)N[C@H](C)CC)S(=O)(=O)c2ccc(SC)cc2)cc1. The maximum Gasteiger partial charge on any atom is 0.264 e. The highest BCUT2D eigenvalue weighted by atomic mass is 32.2. The minimum Gasteiger partial charge on any atom is -0.494 e. The summed E-state index contributed by atoms with van der Waals surface area (Å²) >= 11 is 1.48. The first kappa shape index (κ1) is 33.9. The van der Waals surface area contributed by atoms with E-state index in [1.165, 1.54) is 40.9 Å². The molecule has 43 heavy (non-hydrogen) atoms. The molecule has 0 aliphatic carbocycles. The van der Waals surface area contributed by atoms with Crippen LogP contribution in [0.15, 0.2) is 82.6 Å². The van der Waals surface area contributed by atoms with Crippen LogP contribution < -0.4 is 14.4 Å². The van der Waals surface area contributed by atoms with Crippen LogP contribution in [-0.2, 0) is 26.2 Å². The summed E-state index contributed by atoms with van der Waals surface area (Å²) in [6, 6.07) is 17.6. The zero-order chi connectivity index (χ0) is 31.6. The van der Waals surface area contributed by atoms with Crippen LogP contribution in [0.2, 0.25) is 0 Å². The molecule has 3 aromatic rings. The van der Waals surface area contributed by atoms with E-state index in [1.807, 2.05) is 27.0 Å². The molecule has 11 heteroatoms. The van der Waals surface area contributed by atoms with Gasteiger partial charge in [-0.1, -0.05) is 26.0 Å². The van der Waals surface area contributed by atoms with E-state index >= 15 is 0 Å². The molecule has 2 atom stereocenters. The van der Waals surface area contributed by atoms with Crippen molar-refractivity contribution < 1.29 is 27.1 Å². The molecule has 0 fully saturated rings. The number of sulfonamides is 1. The molecule has 0 spiro atoms. The van der Waals surface area contributed by atoms with Gasteiger partial charge in [-0.3, -0.25) is 13.9 Å². The zero-order valence-electron chi connectivity index (χ0n) is 25.2. The largest absolute Gasteiger partial charge is 0.494 e. The van der Waals surface area contributed by atoms with Crippen molar-refractivity contribution in [2.45, 2.75) is 69.0 Å². The standard InChI is InChI=1S/C32H40FN3O5S2/c1-6-23(4)34-32(38)30(7-2)35(21-24-9-11-25(33)12-10-24)31(37)22-36(26-13-15-27(16-14-26)41-8-3)43(39,40)29-19-17-28(42-5)18-20-29/h9-20,23,30H,6-8,21-22H2,1-5H3,(H,34,38)/t23-,30-/m1/s1. The molecular weight excluding hydrogens is 590 g/mol. The lowest BCUT2D eigenvalue weighted by atomic mass is 10.1. The molecule has 1 N–H and O–H groups in total. The summed E-state index contributed by atoms with van der Waals surface area (Å²) in [6.45, 7) is 7.33. The van der Waals surface area contributed by atoms with Crippen molar-refractivity contribution in [2.24, 2.45) is 0 Å². The second-order valence-electron chi connectivity index (χ2n) is 10.0. The van der Waals surface area contributed by atoms with Gasteiger partial charge in [0.15, 0.2) is 0 Å². The van der Waals surface area contributed by atoms with E-state index in [1.54, 1.807) is 55.5 Å². The van der Waals surface area contributed by atoms with E-state index < -0.39 is 34.3 Å². The third kappa shape index (κ3) is 8.96. The number of hydrogen-bond donors (Lipinski definition) is 1. The summed E-state index contributed by atoms with van der Waals surface area (Å²) in [6.07, 6.45) is 2.89. The number of rotatable bonds is 15. The molecule has 3 aromatic carbocycles. The Kier molecular flexibility index (Phi) is 12.4. The van der Waals surface area contributed by atoms with Crippen LogP contribution in [0.5, 0.6) is 5.75 Å². The molecule has 0 aliphatic rings. The lowest BCUT2D eigenvalue weighted by molar-refractivity contribution is -0.140. The lowest BCUT2D eigenvalue weighted by Crippen LogP contribution is -2.53. The average molecular weight is 630 g/mol. The number of thioether (sulfide) groups is 1. The first-order chi connectivity index (χ1) is 20.5. The maximum absolute atomic E-state index is 14.1. The highest BCUT2D eigenvalue weighted by Crippen LogP contribution is 2.28. The third-order valence-electron chi connectivity index (χ3n) is 7.02. The molecule has 3 rings (SSSR count). The van der Waals surface area contributed by atoms with Crippen molar-refractivity contribution in [3.05, 3.63) is 84.2 Å². The Morgan fingerprint density at radius 1 is 0.930 bits per heavy atom. The Morgan fingerprint density at radius 3 is 2.09 bits per heavy atom. The molecule has 0 heterocycles. The molecule has 2 amide bonds. The minimum absolute atomic E-state index is 0.00880. The van der Waals surface area contributed by atoms with Crippen molar-refractivity contribution in [1.82, 2.24) is 10.2 Å². The lowest BCUT2D eigenvalue weighted by Gasteiger charge is -2.33. The van der Waals surface area contributed by atoms with Crippen molar-refractivity contribution in [2.75, 3.05) is 23.7 Å². The van der Waals surface area contributed by atoms with E-state index in [9.17, 15) is 22.4 Å². The summed E-state index contributed by atoms with van der Waals surface area (Å²) in [5.41, 5.74) is 0.872. The van der Waals surface area contributed by atoms with Gasteiger partial charge >= 0.3 is 0 Å². The molecule has 0 bridgehead atoms. The van der Waals surface area contributed by atoms with Gasteiger partial charge in [0.1, 0.15) is 24.2 Å². The van der Waals surface area contributed by atoms with Gasteiger partial charge in [0.05, 0.1) is 17.2 Å². The number of nitrogens with zero attached hydrogens (tertiary/aromatic N) is 2. The molecule has 0 aromatic heterocycles. The van der Waals surface area contributed by atoms with Crippen LogP contribution in [0.4, 0.5) is 10.1 Å². The monoisotopic (exact) mass is 629 g/mol. The van der Waals surface area contributed by atoms with Gasteiger partial charge in [-0.15, -0.1) is 11.8 Å². The Hall–Kier alpha value is -3.57. The van der Waals surface area contributed by atoms with Crippen LogP contribution in [0.1, 0.15) is 46.1 Å². The predicted molar refractivity (Wildman–Crippen MR) is 169 cm³/mol. The predicted octanol–water partition coefficient (Wildman–Crippen LogP) is 5.86. The molecule has 8 nitrogen and oxygen atoms in total. The highest BCUT2D eigenvalue weighted by Gasteiger charge is 2.34. The number of nitrogens with one attached hydrogen (secondary N) is 1. The smallest absolute Gasteiger partial charge is 0.264 e. The molecule has 0 radical (unpaired) electrons. The molecule has 0 saturated heterocycles. The fraction of sp³-hybridized carbons (Fsp3) is 0.375. The Bertz CT molecular complexity index is 1450. The van der Waals surface area contributed by atoms with Gasteiger partial charge in [0.2, 0.25) is 11.8 Å². The molecule has 232 valence electrons. The number of carbonyl (C=O) groups is 2. The van der Waals surface area contributed by atoms with Crippen LogP contribution in [-0.4, -0.2) is 56.6 Å². The average Bonchev–Trinajstić information content (AvgIpc) is 3.01.